The average molecular weight is 235 g/mol. The molecular weight excluding hydrogens is 214 g/mol. The predicted molar refractivity (Wildman–Crippen MR) is 66.0 cm³/mol. The first kappa shape index (κ1) is 11.2. The van der Waals surface area contributed by atoms with Gasteiger partial charge in [0.1, 0.15) is 5.82 Å². The van der Waals surface area contributed by atoms with E-state index < -0.39 is 0 Å². The van der Waals surface area contributed by atoms with Crippen LogP contribution >= 0.6 is 0 Å². The standard InChI is InChI=1S/C13H21N3O/c1-2-7-17-12(5-1)11-9-15-13(16-11)10-4-3-6-14-8-10/h9-10,12,14H,1-8H2,(H,15,16). The summed E-state index contributed by atoms with van der Waals surface area (Å²) in [7, 11) is 0. The van der Waals surface area contributed by atoms with E-state index >= 15 is 0 Å². The molecule has 1 aromatic rings. The highest BCUT2D eigenvalue weighted by Gasteiger charge is 2.22. The lowest BCUT2D eigenvalue weighted by Gasteiger charge is -2.22. The van der Waals surface area contributed by atoms with Gasteiger partial charge in [0.15, 0.2) is 0 Å². The normalized spacial score (nSPS) is 30.4. The van der Waals surface area contributed by atoms with Crippen LogP contribution in [0.25, 0.3) is 0 Å². The molecule has 2 N–H and O–H groups in total. The molecule has 2 saturated heterocycles. The average Bonchev–Trinajstić information content (AvgIpc) is 2.90. The fourth-order valence-electron chi connectivity index (χ4n) is 2.79. The van der Waals surface area contributed by atoms with E-state index in [4.69, 9.17) is 4.74 Å². The Balaban J connectivity index is 1.68. The van der Waals surface area contributed by atoms with Gasteiger partial charge in [0.05, 0.1) is 18.0 Å². The minimum Gasteiger partial charge on any atom is -0.372 e. The van der Waals surface area contributed by atoms with Gasteiger partial charge in [0.25, 0.3) is 0 Å². The van der Waals surface area contributed by atoms with E-state index in [9.17, 15) is 0 Å². The topological polar surface area (TPSA) is 49.9 Å². The first-order valence-corrected chi connectivity index (χ1v) is 6.80. The molecule has 4 nitrogen and oxygen atoms in total. The van der Waals surface area contributed by atoms with Crippen LogP contribution in [0.5, 0.6) is 0 Å². The predicted octanol–water partition coefficient (Wildman–Crippen LogP) is 2.12. The monoisotopic (exact) mass is 235 g/mol. The second-order valence-corrected chi connectivity index (χ2v) is 5.12. The van der Waals surface area contributed by atoms with E-state index in [1.54, 1.807) is 0 Å². The lowest BCUT2D eigenvalue weighted by Crippen LogP contribution is -2.29. The van der Waals surface area contributed by atoms with Crippen molar-refractivity contribution in [2.45, 2.75) is 44.1 Å². The molecule has 0 radical (unpaired) electrons. The Hall–Kier alpha value is -0.870. The van der Waals surface area contributed by atoms with Crippen LogP contribution in [0.4, 0.5) is 0 Å². The van der Waals surface area contributed by atoms with Crippen LogP contribution in [0, 0.1) is 0 Å². The quantitative estimate of drug-likeness (QED) is 0.825. The molecule has 0 aliphatic carbocycles. The molecule has 2 aliphatic rings. The van der Waals surface area contributed by atoms with Crippen LogP contribution in [-0.4, -0.2) is 29.7 Å². The molecule has 0 saturated carbocycles. The highest BCUT2D eigenvalue weighted by molar-refractivity contribution is 5.09. The number of ether oxygens (including phenoxy) is 1. The lowest BCUT2D eigenvalue weighted by atomic mass is 9.99. The van der Waals surface area contributed by atoms with Gasteiger partial charge in [0, 0.05) is 19.1 Å². The molecule has 2 aliphatic heterocycles. The van der Waals surface area contributed by atoms with Gasteiger partial charge < -0.3 is 15.0 Å². The zero-order chi connectivity index (χ0) is 11.5. The molecule has 0 spiro atoms. The third kappa shape index (κ3) is 2.53. The van der Waals surface area contributed by atoms with Crippen LogP contribution in [0.2, 0.25) is 0 Å². The minimum absolute atomic E-state index is 0.251. The summed E-state index contributed by atoms with van der Waals surface area (Å²) in [5.74, 6) is 1.70. The number of nitrogens with one attached hydrogen (secondary N) is 2. The Bertz CT molecular complexity index is 319. The van der Waals surface area contributed by atoms with Gasteiger partial charge >= 0.3 is 0 Å². The molecule has 1 aromatic heterocycles. The summed E-state index contributed by atoms with van der Waals surface area (Å²) in [5.41, 5.74) is 1.17. The smallest absolute Gasteiger partial charge is 0.110 e. The van der Waals surface area contributed by atoms with Crippen molar-refractivity contribution in [3.8, 4) is 0 Å². The first-order chi connectivity index (χ1) is 8.43. The number of nitrogens with zero attached hydrogens (tertiary/aromatic N) is 1. The number of piperidine rings is 1. The van der Waals surface area contributed by atoms with Crippen molar-refractivity contribution >= 4 is 0 Å². The third-order valence-corrected chi connectivity index (χ3v) is 3.83. The molecule has 0 amide bonds. The van der Waals surface area contributed by atoms with Gasteiger partial charge in [-0.25, -0.2) is 4.98 Å². The van der Waals surface area contributed by atoms with Crippen molar-refractivity contribution in [1.82, 2.24) is 15.3 Å². The molecular formula is C13H21N3O. The molecule has 2 fully saturated rings. The van der Waals surface area contributed by atoms with Gasteiger partial charge in [-0.2, -0.15) is 0 Å². The van der Waals surface area contributed by atoms with Crippen molar-refractivity contribution in [2.75, 3.05) is 19.7 Å². The highest BCUT2D eigenvalue weighted by Crippen LogP contribution is 2.28. The summed E-state index contributed by atoms with van der Waals surface area (Å²) in [5, 5.41) is 3.43. The van der Waals surface area contributed by atoms with Gasteiger partial charge in [0.2, 0.25) is 0 Å². The number of hydrogen-bond donors (Lipinski definition) is 2. The zero-order valence-electron chi connectivity index (χ0n) is 10.2. The van der Waals surface area contributed by atoms with Gasteiger partial charge in [-0.3, -0.25) is 0 Å². The largest absolute Gasteiger partial charge is 0.372 e. The van der Waals surface area contributed by atoms with E-state index in [0.29, 0.717) is 5.92 Å². The summed E-state index contributed by atoms with van der Waals surface area (Å²) in [6.45, 7) is 3.10. The second-order valence-electron chi connectivity index (χ2n) is 5.12. The zero-order valence-corrected chi connectivity index (χ0v) is 10.2. The van der Waals surface area contributed by atoms with E-state index in [2.05, 4.69) is 15.3 Å². The highest BCUT2D eigenvalue weighted by atomic mass is 16.5. The molecule has 2 unspecified atom stereocenters. The minimum atomic E-state index is 0.251. The van der Waals surface area contributed by atoms with Crippen LogP contribution in [-0.2, 0) is 4.74 Å². The van der Waals surface area contributed by atoms with E-state index in [0.717, 1.165) is 31.9 Å². The Morgan fingerprint density at radius 2 is 2.24 bits per heavy atom. The number of aromatic nitrogens is 2. The number of imidazole rings is 1. The van der Waals surface area contributed by atoms with Crippen molar-refractivity contribution in [1.29, 1.82) is 0 Å². The van der Waals surface area contributed by atoms with Crippen molar-refractivity contribution in [3.05, 3.63) is 17.7 Å². The first-order valence-electron chi connectivity index (χ1n) is 6.80. The Morgan fingerprint density at radius 3 is 3.00 bits per heavy atom. The fraction of sp³-hybridized carbons (Fsp3) is 0.769. The van der Waals surface area contributed by atoms with Crippen LogP contribution in [0.1, 0.15) is 55.6 Å². The van der Waals surface area contributed by atoms with Gasteiger partial charge in [-0.05, 0) is 38.6 Å². The maximum absolute atomic E-state index is 5.78. The second kappa shape index (κ2) is 5.19. The van der Waals surface area contributed by atoms with Gasteiger partial charge in [-0.15, -0.1) is 0 Å². The molecule has 2 atom stereocenters. The van der Waals surface area contributed by atoms with Crippen LogP contribution in [0.15, 0.2) is 6.20 Å². The molecule has 0 aromatic carbocycles. The Labute approximate surface area is 102 Å². The molecule has 4 heteroatoms. The van der Waals surface area contributed by atoms with Crippen molar-refractivity contribution in [3.63, 3.8) is 0 Å². The summed E-state index contributed by atoms with van der Waals surface area (Å²) < 4.78 is 5.78. The number of rotatable bonds is 2. The molecule has 3 heterocycles. The van der Waals surface area contributed by atoms with Crippen LogP contribution in [0.3, 0.4) is 0 Å². The van der Waals surface area contributed by atoms with E-state index in [-0.39, 0.29) is 6.10 Å². The van der Waals surface area contributed by atoms with Gasteiger partial charge in [-0.1, -0.05) is 0 Å². The SMILES string of the molecule is c1nc(C2CCCNC2)[nH]c1C1CCCCO1. The summed E-state index contributed by atoms with van der Waals surface area (Å²) >= 11 is 0. The van der Waals surface area contributed by atoms with Crippen molar-refractivity contribution in [2.24, 2.45) is 0 Å². The molecule has 3 rings (SSSR count). The maximum Gasteiger partial charge on any atom is 0.110 e. The molecule has 17 heavy (non-hydrogen) atoms. The summed E-state index contributed by atoms with van der Waals surface area (Å²) in [6, 6.07) is 0. The number of hydrogen-bond acceptors (Lipinski definition) is 3. The lowest BCUT2D eigenvalue weighted by molar-refractivity contribution is 0.0125. The van der Waals surface area contributed by atoms with E-state index in [1.165, 1.54) is 31.4 Å². The summed E-state index contributed by atoms with van der Waals surface area (Å²) in [6.07, 6.45) is 8.31. The van der Waals surface area contributed by atoms with E-state index in [1.807, 2.05) is 6.20 Å². The van der Waals surface area contributed by atoms with Crippen LogP contribution < -0.4 is 5.32 Å². The maximum atomic E-state index is 5.78. The Morgan fingerprint density at radius 1 is 1.24 bits per heavy atom. The summed E-state index contributed by atoms with van der Waals surface area (Å²) in [4.78, 5) is 8.02. The Kier molecular flexibility index (Phi) is 3.43. The van der Waals surface area contributed by atoms with Crippen molar-refractivity contribution < 1.29 is 4.74 Å². The molecule has 94 valence electrons. The number of H-pyrrole nitrogens is 1. The molecule has 0 bridgehead atoms. The number of aromatic amines is 1. The fourth-order valence-corrected chi connectivity index (χ4v) is 2.79. The third-order valence-electron chi connectivity index (χ3n) is 3.83.